The van der Waals surface area contributed by atoms with Gasteiger partial charge < -0.3 is 9.47 Å². The third-order valence-electron chi connectivity index (χ3n) is 4.35. The van der Waals surface area contributed by atoms with Crippen molar-refractivity contribution in [1.29, 1.82) is 0 Å². The molecule has 0 amide bonds. The fourth-order valence-corrected chi connectivity index (χ4v) is 3.22. The number of hydrogen-bond acceptors (Lipinski definition) is 3. The molecular formula is C17H24FNO2. The zero-order chi connectivity index (χ0) is 14.5. The molecule has 0 N–H and O–H groups in total. The highest BCUT2D eigenvalue weighted by molar-refractivity contribution is 5.15. The van der Waals surface area contributed by atoms with Crippen LogP contribution in [0.25, 0.3) is 0 Å². The van der Waals surface area contributed by atoms with Crippen LogP contribution in [0.2, 0.25) is 0 Å². The van der Waals surface area contributed by atoms with Crippen LogP contribution in [0, 0.1) is 11.7 Å². The van der Waals surface area contributed by atoms with Gasteiger partial charge in [-0.15, -0.1) is 0 Å². The predicted molar refractivity (Wildman–Crippen MR) is 79.6 cm³/mol. The highest BCUT2D eigenvalue weighted by Gasteiger charge is 2.23. The van der Waals surface area contributed by atoms with Crippen molar-refractivity contribution >= 4 is 0 Å². The molecule has 4 heteroatoms. The van der Waals surface area contributed by atoms with Gasteiger partial charge in [-0.3, -0.25) is 4.90 Å². The molecule has 2 heterocycles. The van der Waals surface area contributed by atoms with E-state index in [1.807, 2.05) is 12.1 Å². The Kier molecular flexibility index (Phi) is 5.22. The Balaban J connectivity index is 1.60. The van der Waals surface area contributed by atoms with E-state index in [1.165, 1.54) is 18.6 Å². The molecule has 0 aliphatic carbocycles. The second kappa shape index (κ2) is 7.34. The zero-order valence-corrected chi connectivity index (χ0v) is 12.5. The molecule has 1 aromatic rings. The summed E-state index contributed by atoms with van der Waals surface area (Å²) in [7, 11) is 0. The second-order valence-electron chi connectivity index (χ2n) is 6.19. The first-order chi connectivity index (χ1) is 10.3. The van der Waals surface area contributed by atoms with Crippen molar-refractivity contribution in [1.82, 2.24) is 4.90 Å². The summed E-state index contributed by atoms with van der Waals surface area (Å²) in [6.07, 6.45) is 3.82. The van der Waals surface area contributed by atoms with E-state index in [2.05, 4.69) is 4.90 Å². The van der Waals surface area contributed by atoms with Crippen molar-refractivity contribution in [3.63, 3.8) is 0 Å². The van der Waals surface area contributed by atoms with Gasteiger partial charge in [0.2, 0.25) is 0 Å². The maximum atomic E-state index is 13.0. The molecular weight excluding hydrogens is 269 g/mol. The van der Waals surface area contributed by atoms with Crippen molar-refractivity contribution in [2.45, 2.75) is 31.9 Å². The van der Waals surface area contributed by atoms with E-state index in [1.54, 1.807) is 0 Å². The van der Waals surface area contributed by atoms with E-state index >= 15 is 0 Å². The number of rotatable bonds is 6. The third kappa shape index (κ3) is 4.50. The van der Waals surface area contributed by atoms with Crippen LogP contribution in [0.3, 0.4) is 0 Å². The first kappa shape index (κ1) is 14.9. The summed E-state index contributed by atoms with van der Waals surface area (Å²) in [5.74, 6) is 0.445. The molecule has 0 bridgehead atoms. The van der Waals surface area contributed by atoms with Crippen LogP contribution in [0.1, 0.15) is 24.8 Å². The van der Waals surface area contributed by atoms with Crippen LogP contribution in [-0.2, 0) is 16.0 Å². The van der Waals surface area contributed by atoms with Gasteiger partial charge in [0.15, 0.2) is 0 Å². The van der Waals surface area contributed by atoms with Crippen LogP contribution in [-0.4, -0.2) is 43.9 Å². The van der Waals surface area contributed by atoms with Crippen molar-refractivity contribution < 1.29 is 13.9 Å². The van der Waals surface area contributed by atoms with Gasteiger partial charge in [0.05, 0.1) is 12.7 Å². The van der Waals surface area contributed by atoms with E-state index < -0.39 is 0 Å². The van der Waals surface area contributed by atoms with Gasteiger partial charge in [-0.2, -0.15) is 0 Å². The van der Waals surface area contributed by atoms with Crippen molar-refractivity contribution in [2.24, 2.45) is 5.92 Å². The molecule has 1 aromatic carbocycles. The smallest absolute Gasteiger partial charge is 0.123 e. The van der Waals surface area contributed by atoms with E-state index in [9.17, 15) is 4.39 Å². The van der Waals surface area contributed by atoms with Gasteiger partial charge in [0, 0.05) is 32.8 Å². The average molecular weight is 293 g/mol. The zero-order valence-electron chi connectivity index (χ0n) is 12.5. The maximum absolute atomic E-state index is 13.0. The predicted octanol–water partition coefficient (Wildman–Crippen LogP) is 2.84. The molecule has 2 aliphatic rings. The number of hydrogen-bond donors (Lipinski definition) is 0. The first-order valence-corrected chi connectivity index (χ1v) is 7.96. The Morgan fingerprint density at radius 3 is 2.62 bits per heavy atom. The summed E-state index contributed by atoms with van der Waals surface area (Å²) in [6, 6.07) is 6.84. The minimum absolute atomic E-state index is 0.173. The lowest BCUT2D eigenvalue weighted by Gasteiger charge is -2.27. The molecule has 0 radical (unpaired) electrons. The summed E-state index contributed by atoms with van der Waals surface area (Å²) in [5, 5.41) is 0. The third-order valence-corrected chi connectivity index (χ3v) is 4.35. The Hall–Kier alpha value is -0.970. The Morgan fingerprint density at radius 1 is 1.10 bits per heavy atom. The molecule has 3 nitrogen and oxygen atoms in total. The standard InChI is InChI=1S/C17H24FNO2/c18-16-5-3-14(4-6-16)10-19(11-15-7-9-20-13-15)12-17-2-1-8-21-17/h3-6,15,17H,1-2,7-13H2. The molecule has 21 heavy (non-hydrogen) atoms. The Bertz CT molecular complexity index is 407. The minimum Gasteiger partial charge on any atom is -0.381 e. The summed E-state index contributed by atoms with van der Waals surface area (Å²) >= 11 is 0. The molecule has 2 aliphatic heterocycles. The Labute approximate surface area is 126 Å². The molecule has 0 spiro atoms. The normalized spacial score (nSPS) is 25.8. The molecule has 2 unspecified atom stereocenters. The van der Waals surface area contributed by atoms with Crippen LogP contribution in [0.15, 0.2) is 24.3 Å². The average Bonchev–Trinajstić information content (AvgIpc) is 3.15. The van der Waals surface area contributed by atoms with Crippen LogP contribution >= 0.6 is 0 Å². The van der Waals surface area contributed by atoms with Crippen molar-refractivity contribution in [3.05, 3.63) is 35.6 Å². The number of benzene rings is 1. The van der Waals surface area contributed by atoms with Crippen molar-refractivity contribution in [3.8, 4) is 0 Å². The fraction of sp³-hybridized carbons (Fsp3) is 0.647. The van der Waals surface area contributed by atoms with Crippen LogP contribution in [0.5, 0.6) is 0 Å². The van der Waals surface area contributed by atoms with Gasteiger partial charge in [0.25, 0.3) is 0 Å². The van der Waals surface area contributed by atoms with E-state index in [4.69, 9.17) is 9.47 Å². The molecule has 2 saturated heterocycles. The number of nitrogens with zero attached hydrogens (tertiary/aromatic N) is 1. The quantitative estimate of drug-likeness (QED) is 0.805. The Morgan fingerprint density at radius 2 is 1.95 bits per heavy atom. The lowest BCUT2D eigenvalue weighted by Crippen LogP contribution is -2.35. The molecule has 0 saturated carbocycles. The summed E-state index contributed by atoms with van der Waals surface area (Å²) in [6.45, 7) is 5.50. The lowest BCUT2D eigenvalue weighted by molar-refractivity contribution is 0.0631. The first-order valence-electron chi connectivity index (χ1n) is 7.96. The largest absolute Gasteiger partial charge is 0.381 e. The van der Waals surface area contributed by atoms with Crippen molar-refractivity contribution in [2.75, 3.05) is 32.9 Å². The topological polar surface area (TPSA) is 21.7 Å². The highest BCUT2D eigenvalue weighted by Crippen LogP contribution is 2.19. The van der Waals surface area contributed by atoms with Crippen LogP contribution < -0.4 is 0 Å². The van der Waals surface area contributed by atoms with Gasteiger partial charge in [-0.05, 0) is 42.9 Å². The molecule has 3 rings (SSSR count). The molecule has 0 aromatic heterocycles. The lowest BCUT2D eigenvalue weighted by atomic mass is 10.1. The number of halogens is 1. The second-order valence-corrected chi connectivity index (χ2v) is 6.19. The van der Waals surface area contributed by atoms with Gasteiger partial charge in [0.1, 0.15) is 5.82 Å². The minimum atomic E-state index is -0.173. The molecule has 116 valence electrons. The monoisotopic (exact) mass is 293 g/mol. The number of ether oxygens (including phenoxy) is 2. The van der Waals surface area contributed by atoms with Gasteiger partial charge >= 0.3 is 0 Å². The van der Waals surface area contributed by atoms with E-state index in [0.717, 1.165) is 57.9 Å². The highest BCUT2D eigenvalue weighted by atomic mass is 19.1. The molecule has 2 atom stereocenters. The van der Waals surface area contributed by atoms with E-state index in [-0.39, 0.29) is 5.82 Å². The maximum Gasteiger partial charge on any atom is 0.123 e. The van der Waals surface area contributed by atoms with E-state index in [0.29, 0.717) is 12.0 Å². The fourth-order valence-electron chi connectivity index (χ4n) is 3.22. The summed E-state index contributed by atoms with van der Waals surface area (Å²) in [4.78, 5) is 2.45. The summed E-state index contributed by atoms with van der Waals surface area (Å²) in [5.41, 5.74) is 1.16. The molecule has 2 fully saturated rings. The van der Waals surface area contributed by atoms with Gasteiger partial charge in [-0.1, -0.05) is 12.1 Å². The summed E-state index contributed by atoms with van der Waals surface area (Å²) < 4.78 is 24.3. The van der Waals surface area contributed by atoms with Gasteiger partial charge in [-0.25, -0.2) is 4.39 Å². The SMILES string of the molecule is Fc1ccc(CN(CC2CCOC2)CC2CCCO2)cc1. The van der Waals surface area contributed by atoms with Crippen LogP contribution in [0.4, 0.5) is 4.39 Å².